The number of aryl methyl sites for hydroxylation is 1. The molecule has 4 heteroatoms. The van der Waals surface area contributed by atoms with E-state index in [1.807, 2.05) is 53.4 Å². The number of hydrogen-bond acceptors (Lipinski definition) is 2. The van der Waals surface area contributed by atoms with Crippen LogP contribution in [0.3, 0.4) is 0 Å². The van der Waals surface area contributed by atoms with Crippen molar-refractivity contribution in [3.63, 3.8) is 0 Å². The topological polar surface area (TPSA) is 63.4 Å². The molecule has 1 aliphatic heterocycles. The Bertz CT molecular complexity index is 1040. The van der Waals surface area contributed by atoms with Crippen molar-refractivity contribution in [2.45, 2.75) is 32.1 Å². The van der Waals surface area contributed by atoms with E-state index in [1.54, 1.807) is 0 Å². The first kappa shape index (κ1) is 21.8. The Labute approximate surface area is 190 Å². The number of nitrogens with zero attached hydrogens (tertiary/aromatic N) is 1. The third-order valence-corrected chi connectivity index (χ3v) is 6.67. The molecule has 0 aromatic heterocycles. The van der Waals surface area contributed by atoms with Crippen LogP contribution in [0.2, 0.25) is 0 Å². The van der Waals surface area contributed by atoms with Gasteiger partial charge in [-0.25, -0.2) is 0 Å². The predicted molar refractivity (Wildman–Crippen MR) is 128 cm³/mol. The lowest BCUT2D eigenvalue weighted by Crippen LogP contribution is -2.49. The molecule has 0 spiro atoms. The van der Waals surface area contributed by atoms with Crippen LogP contribution >= 0.6 is 0 Å². The first-order chi connectivity index (χ1) is 15.6. The summed E-state index contributed by atoms with van der Waals surface area (Å²) in [7, 11) is 0. The summed E-state index contributed by atoms with van der Waals surface area (Å²) < 4.78 is 0. The number of carbonyl (C=O) groups is 2. The van der Waals surface area contributed by atoms with Gasteiger partial charge in [0, 0.05) is 19.5 Å². The van der Waals surface area contributed by atoms with Crippen molar-refractivity contribution in [2.75, 3.05) is 13.1 Å². The largest absolute Gasteiger partial charge is 0.369 e. The minimum absolute atomic E-state index is 0.152. The van der Waals surface area contributed by atoms with Crippen LogP contribution in [0.4, 0.5) is 0 Å². The molecule has 2 amide bonds. The summed E-state index contributed by atoms with van der Waals surface area (Å²) in [5.41, 5.74) is 9.89. The van der Waals surface area contributed by atoms with Crippen molar-refractivity contribution in [1.29, 1.82) is 0 Å². The monoisotopic (exact) mass is 426 g/mol. The zero-order valence-electron chi connectivity index (χ0n) is 18.4. The van der Waals surface area contributed by atoms with Crippen LogP contribution < -0.4 is 5.73 Å². The van der Waals surface area contributed by atoms with Gasteiger partial charge in [0.25, 0.3) is 0 Å². The molecule has 32 heavy (non-hydrogen) atoms. The van der Waals surface area contributed by atoms with Crippen LogP contribution in [0.15, 0.2) is 84.9 Å². The maximum atomic E-state index is 12.7. The van der Waals surface area contributed by atoms with Gasteiger partial charge in [0.05, 0.1) is 5.41 Å². The molecule has 3 aromatic carbocycles. The van der Waals surface area contributed by atoms with E-state index in [2.05, 4.69) is 36.4 Å². The van der Waals surface area contributed by atoms with Gasteiger partial charge in [-0.15, -0.1) is 0 Å². The highest BCUT2D eigenvalue weighted by molar-refractivity contribution is 5.82. The van der Waals surface area contributed by atoms with Crippen LogP contribution in [-0.2, 0) is 22.4 Å². The number of primary amides is 1. The second-order valence-corrected chi connectivity index (χ2v) is 8.75. The van der Waals surface area contributed by atoms with E-state index in [4.69, 9.17) is 5.73 Å². The zero-order chi connectivity index (χ0) is 22.4. The van der Waals surface area contributed by atoms with E-state index >= 15 is 0 Å². The predicted octanol–water partition coefficient (Wildman–Crippen LogP) is 4.62. The number of amides is 2. The summed E-state index contributed by atoms with van der Waals surface area (Å²) >= 11 is 0. The van der Waals surface area contributed by atoms with E-state index in [9.17, 15) is 9.59 Å². The Balaban J connectivity index is 1.36. The molecule has 4 nitrogen and oxygen atoms in total. The van der Waals surface area contributed by atoms with Gasteiger partial charge in [0.2, 0.25) is 11.8 Å². The first-order valence-electron chi connectivity index (χ1n) is 11.3. The molecule has 1 saturated heterocycles. The van der Waals surface area contributed by atoms with Crippen molar-refractivity contribution in [3.05, 3.63) is 96.1 Å². The lowest BCUT2D eigenvalue weighted by molar-refractivity contribution is -0.138. The van der Waals surface area contributed by atoms with Gasteiger partial charge in [0.1, 0.15) is 0 Å². The van der Waals surface area contributed by atoms with Gasteiger partial charge in [-0.1, -0.05) is 84.9 Å². The fourth-order valence-electron chi connectivity index (χ4n) is 4.58. The van der Waals surface area contributed by atoms with Crippen molar-refractivity contribution in [1.82, 2.24) is 4.90 Å². The Morgan fingerprint density at radius 2 is 1.31 bits per heavy atom. The zero-order valence-corrected chi connectivity index (χ0v) is 18.4. The SMILES string of the molecule is NC(=O)C1(Cc2ccc(-c3ccccc3)cc2)CCN(C(=O)CCc2ccccc2)CC1. The summed E-state index contributed by atoms with van der Waals surface area (Å²) in [5.74, 6) is -0.111. The second kappa shape index (κ2) is 9.82. The van der Waals surface area contributed by atoms with E-state index in [0.29, 0.717) is 38.8 Å². The maximum absolute atomic E-state index is 12.7. The normalized spacial score (nSPS) is 15.3. The lowest BCUT2D eigenvalue weighted by Gasteiger charge is -2.40. The molecule has 1 aliphatic rings. The molecule has 0 unspecified atom stereocenters. The second-order valence-electron chi connectivity index (χ2n) is 8.75. The molecule has 3 aromatic rings. The van der Waals surface area contributed by atoms with Gasteiger partial charge >= 0.3 is 0 Å². The fraction of sp³-hybridized carbons (Fsp3) is 0.286. The van der Waals surface area contributed by atoms with Gasteiger partial charge < -0.3 is 10.6 Å². The Morgan fingerprint density at radius 1 is 0.750 bits per heavy atom. The molecule has 1 heterocycles. The smallest absolute Gasteiger partial charge is 0.224 e. The summed E-state index contributed by atoms with van der Waals surface area (Å²) in [6.45, 7) is 1.16. The molecular weight excluding hydrogens is 396 g/mol. The number of piperidine rings is 1. The quantitative estimate of drug-likeness (QED) is 0.599. The number of benzene rings is 3. The molecule has 164 valence electrons. The number of carbonyl (C=O) groups excluding carboxylic acids is 2. The molecule has 0 radical (unpaired) electrons. The van der Waals surface area contributed by atoms with Gasteiger partial charge in [-0.3, -0.25) is 9.59 Å². The van der Waals surface area contributed by atoms with E-state index in [1.165, 1.54) is 11.1 Å². The third-order valence-electron chi connectivity index (χ3n) is 6.67. The van der Waals surface area contributed by atoms with Crippen LogP contribution in [0.1, 0.15) is 30.4 Å². The van der Waals surface area contributed by atoms with Gasteiger partial charge in [-0.2, -0.15) is 0 Å². The highest BCUT2D eigenvalue weighted by atomic mass is 16.2. The van der Waals surface area contributed by atoms with Crippen LogP contribution in [0.25, 0.3) is 11.1 Å². The van der Waals surface area contributed by atoms with Crippen molar-refractivity contribution in [3.8, 4) is 11.1 Å². The number of nitrogens with two attached hydrogens (primary N) is 1. The maximum Gasteiger partial charge on any atom is 0.224 e. The summed E-state index contributed by atoms with van der Waals surface area (Å²) in [4.78, 5) is 27.1. The standard InChI is InChI=1S/C28H30N2O2/c29-27(32)28(21-23-11-14-25(15-12-23)24-9-5-2-6-10-24)17-19-30(20-18-28)26(31)16-13-22-7-3-1-4-8-22/h1-12,14-15H,13,16-21H2,(H2,29,32). The van der Waals surface area contributed by atoms with Crippen molar-refractivity contribution in [2.24, 2.45) is 11.1 Å². The first-order valence-corrected chi connectivity index (χ1v) is 11.3. The van der Waals surface area contributed by atoms with E-state index < -0.39 is 5.41 Å². The minimum Gasteiger partial charge on any atom is -0.369 e. The summed E-state index contributed by atoms with van der Waals surface area (Å²) in [6, 6.07) is 28.7. The molecule has 0 aliphatic carbocycles. The molecule has 0 saturated carbocycles. The van der Waals surface area contributed by atoms with Gasteiger partial charge in [0.15, 0.2) is 0 Å². The average Bonchev–Trinajstić information content (AvgIpc) is 2.84. The number of hydrogen-bond donors (Lipinski definition) is 1. The molecule has 0 atom stereocenters. The number of likely N-dealkylation sites (tertiary alicyclic amines) is 1. The average molecular weight is 427 g/mol. The Hall–Kier alpha value is -3.40. The van der Waals surface area contributed by atoms with E-state index in [0.717, 1.165) is 17.5 Å². The highest BCUT2D eigenvalue weighted by Crippen LogP contribution is 2.36. The summed E-state index contributed by atoms with van der Waals surface area (Å²) in [6.07, 6.45) is 3.07. The number of rotatable bonds is 7. The van der Waals surface area contributed by atoms with Crippen molar-refractivity contribution < 1.29 is 9.59 Å². The van der Waals surface area contributed by atoms with Crippen LogP contribution in [-0.4, -0.2) is 29.8 Å². The minimum atomic E-state index is -0.593. The van der Waals surface area contributed by atoms with Crippen LogP contribution in [0, 0.1) is 5.41 Å². The third kappa shape index (κ3) is 5.08. The highest BCUT2D eigenvalue weighted by Gasteiger charge is 2.40. The summed E-state index contributed by atoms with van der Waals surface area (Å²) in [5, 5.41) is 0. The van der Waals surface area contributed by atoms with E-state index in [-0.39, 0.29) is 11.8 Å². The fourth-order valence-corrected chi connectivity index (χ4v) is 4.58. The Kier molecular flexibility index (Phi) is 6.69. The molecule has 4 rings (SSSR count). The molecule has 2 N–H and O–H groups in total. The van der Waals surface area contributed by atoms with Crippen molar-refractivity contribution >= 4 is 11.8 Å². The van der Waals surface area contributed by atoms with Crippen LogP contribution in [0.5, 0.6) is 0 Å². The molecular formula is C28H30N2O2. The molecule has 0 bridgehead atoms. The van der Waals surface area contributed by atoms with Gasteiger partial charge in [-0.05, 0) is 47.9 Å². The lowest BCUT2D eigenvalue weighted by atomic mass is 9.73. The molecule has 1 fully saturated rings. The Morgan fingerprint density at radius 3 is 1.91 bits per heavy atom.